The highest BCUT2D eigenvalue weighted by atomic mass is 16.2. The number of nitrogens with one attached hydrogen (secondary N) is 1. The minimum atomic E-state index is -0.177. The molecule has 1 aromatic rings. The van der Waals surface area contributed by atoms with Gasteiger partial charge in [0.15, 0.2) is 5.78 Å². The van der Waals surface area contributed by atoms with Gasteiger partial charge in [0.05, 0.1) is 0 Å². The first-order valence-electron chi connectivity index (χ1n) is 6.05. The summed E-state index contributed by atoms with van der Waals surface area (Å²) in [6, 6.07) is 6.99. The van der Waals surface area contributed by atoms with E-state index in [0.717, 1.165) is 11.1 Å². The molecule has 0 aliphatic rings. The van der Waals surface area contributed by atoms with Gasteiger partial charge in [0.1, 0.15) is 0 Å². The molecule has 0 aliphatic carbocycles. The summed E-state index contributed by atoms with van der Waals surface area (Å²) >= 11 is 0. The average molecular weight is 255 g/mol. The molecule has 0 saturated carbocycles. The van der Waals surface area contributed by atoms with Crippen molar-refractivity contribution in [3.8, 4) is 12.3 Å². The van der Waals surface area contributed by atoms with Crippen LogP contribution in [0.2, 0.25) is 0 Å². The summed E-state index contributed by atoms with van der Waals surface area (Å²) in [5, 5.41) is 2.72. The summed E-state index contributed by atoms with van der Waals surface area (Å²) < 4.78 is 0. The monoisotopic (exact) mass is 255 g/mol. The maximum Gasteiger partial charge on any atom is 0.224 e. The van der Waals surface area contributed by atoms with E-state index in [9.17, 15) is 9.59 Å². The van der Waals surface area contributed by atoms with E-state index in [2.05, 4.69) is 11.2 Å². The standard InChI is InChI=1S/C16H17NO2/c1-4-13-5-7-14(8-6-13)17-16(19)10-9-15(18)11-12(2)3/h1,5-8,11H,9-10H2,2-3H3,(H,17,19). The predicted molar refractivity (Wildman–Crippen MR) is 76.7 cm³/mol. The number of hydrogen-bond donors (Lipinski definition) is 1. The number of terminal acetylenes is 1. The lowest BCUT2D eigenvalue weighted by molar-refractivity contribution is -0.120. The molecule has 1 rings (SSSR count). The molecule has 19 heavy (non-hydrogen) atoms. The summed E-state index contributed by atoms with van der Waals surface area (Å²) in [6.45, 7) is 3.70. The van der Waals surface area contributed by atoms with Gasteiger partial charge in [0.25, 0.3) is 0 Å². The van der Waals surface area contributed by atoms with Crippen LogP contribution >= 0.6 is 0 Å². The van der Waals surface area contributed by atoms with E-state index in [1.54, 1.807) is 30.3 Å². The van der Waals surface area contributed by atoms with Crippen LogP contribution in [0.1, 0.15) is 32.3 Å². The third-order valence-corrected chi connectivity index (χ3v) is 2.38. The molecule has 1 amide bonds. The zero-order valence-corrected chi connectivity index (χ0v) is 11.2. The lowest BCUT2D eigenvalue weighted by Crippen LogP contribution is -2.12. The number of allylic oxidation sites excluding steroid dienone is 2. The molecular weight excluding hydrogens is 238 g/mol. The molecule has 0 aromatic heterocycles. The highest BCUT2D eigenvalue weighted by Gasteiger charge is 2.05. The molecule has 3 nitrogen and oxygen atoms in total. The molecule has 0 fully saturated rings. The highest BCUT2D eigenvalue weighted by molar-refractivity contribution is 5.96. The van der Waals surface area contributed by atoms with Crippen LogP contribution in [-0.2, 0) is 9.59 Å². The zero-order chi connectivity index (χ0) is 14.3. The van der Waals surface area contributed by atoms with Gasteiger partial charge in [-0.25, -0.2) is 0 Å². The third kappa shape index (κ3) is 5.69. The summed E-state index contributed by atoms with van der Waals surface area (Å²) in [4.78, 5) is 23.0. The van der Waals surface area contributed by atoms with Crippen LogP contribution in [0.25, 0.3) is 0 Å². The van der Waals surface area contributed by atoms with Gasteiger partial charge in [-0.15, -0.1) is 6.42 Å². The fourth-order valence-electron chi connectivity index (χ4n) is 1.50. The number of amides is 1. The molecule has 0 spiro atoms. The summed E-state index contributed by atoms with van der Waals surface area (Å²) in [5.41, 5.74) is 2.38. The van der Waals surface area contributed by atoms with Crippen LogP contribution in [0.3, 0.4) is 0 Å². The van der Waals surface area contributed by atoms with Crippen LogP contribution in [-0.4, -0.2) is 11.7 Å². The number of carbonyl (C=O) groups excluding carboxylic acids is 2. The molecule has 98 valence electrons. The molecule has 1 aromatic carbocycles. The topological polar surface area (TPSA) is 46.2 Å². The smallest absolute Gasteiger partial charge is 0.224 e. The Kier molecular flexibility index (Phi) is 5.56. The first kappa shape index (κ1) is 14.7. The molecule has 1 N–H and O–H groups in total. The maximum absolute atomic E-state index is 11.6. The van der Waals surface area contributed by atoms with E-state index >= 15 is 0 Å². The Balaban J connectivity index is 2.45. The van der Waals surface area contributed by atoms with Gasteiger partial charge in [0, 0.05) is 24.1 Å². The molecule has 0 atom stereocenters. The Hall–Kier alpha value is -2.34. The van der Waals surface area contributed by atoms with E-state index in [1.807, 2.05) is 13.8 Å². The fourth-order valence-corrected chi connectivity index (χ4v) is 1.50. The van der Waals surface area contributed by atoms with E-state index in [-0.39, 0.29) is 24.5 Å². The van der Waals surface area contributed by atoms with Crippen LogP contribution in [0.15, 0.2) is 35.9 Å². The average Bonchev–Trinajstić information content (AvgIpc) is 2.36. The van der Waals surface area contributed by atoms with Crippen LogP contribution in [0, 0.1) is 12.3 Å². The van der Waals surface area contributed by atoms with Gasteiger partial charge >= 0.3 is 0 Å². The van der Waals surface area contributed by atoms with Gasteiger partial charge < -0.3 is 5.32 Å². The number of benzene rings is 1. The van der Waals surface area contributed by atoms with E-state index in [4.69, 9.17) is 6.42 Å². The van der Waals surface area contributed by atoms with Gasteiger partial charge in [0.2, 0.25) is 5.91 Å². The van der Waals surface area contributed by atoms with E-state index < -0.39 is 0 Å². The minimum absolute atomic E-state index is 0.0298. The fraction of sp³-hybridized carbons (Fsp3) is 0.250. The molecule has 0 unspecified atom stereocenters. The number of ketones is 1. The third-order valence-electron chi connectivity index (χ3n) is 2.38. The van der Waals surface area contributed by atoms with Crippen molar-refractivity contribution in [2.75, 3.05) is 5.32 Å². The summed E-state index contributed by atoms with van der Waals surface area (Å²) in [7, 11) is 0. The Morgan fingerprint density at radius 2 is 1.84 bits per heavy atom. The number of carbonyl (C=O) groups is 2. The molecule has 0 radical (unpaired) electrons. The number of rotatable bonds is 5. The van der Waals surface area contributed by atoms with Crippen molar-refractivity contribution in [3.05, 3.63) is 41.5 Å². The maximum atomic E-state index is 11.6. The Morgan fingerprint density at radius 1 is 1.21 bits per heavy atom. The second kappa shape index (κ2) is 7.17. The van der Waals surface area contributed by atoms with Crippen molar-refractivity contribution < 1.29 is 9.59 Å². The Bertz CT molecular complexity index is 529. The van der Waals surface area contributed by atoms with E-state index in [1.165, 1.54) is 0 Å². The molecular formula is C16H17NO2. The molecule has 0 aliphatic heterocycles. The molecule has 0 heterocycles. The molecule has 3 heteroatoms. The quantitative estimate of drug-likeness (QED) is 0.649. The minimum Gasteiger partial charge on any atom is -0.326 e. The second-order valence-corrected chi connectivity index (χ2v) is 4.46. The van der Waals surface area contributed by atoms with Crippen molar-refractivity contribution in [3.63, 3.8) is 0 Å². The van der Waals surface area contributed by atoms with Crippen molar-refractivity contribution in [2.24, 2.45) is 0 Å². The van der Waals surface area contributed by atoms with Gasteiger partial charge in [-0.3, -0.25) is 9.59 Å². The molecule has 0 saturated heterocycles. The van der Waals surface area contributed by atoms with Crippen LogP contribution in [0.4, 0.5) is 5.69 Å². The lowest BCUT2D eigenvalue weighted by atomic mass is 10.1. The molecule has 0 bridgehead atoms. The van der Waals surface area contributed by atoms with Gasteiger partial charge in [-0.2, -0.15) is 0 Å². The van der Waals surface area contributed by atoms with Crippen molar-refractivity contribution >= 4 is 17.4 Å². The first-order valence-corrected chi connectivity index (χ1v) is 6.05. The highest BCUT2D eigenvalue weighted by Crippen LogP contribution is 2.09. The lowest BCUT2D eigenvalue weighted by Gasteiger charge is -2.04. The summed E-state index contributed by atoms with van der Waals surface area (Å²) in [6.07, 6.45) is 7.19. The van der Waals surface area contributed by atoms with Crippen molar-refractivity contribution in [1.29, 1.82) is 0 Å². The Morgan fingerprint density at radius 3 is 2.37 bits per heavy atom. The normalized spacial score (nSPS) is 9.32. The van der Waals surface area contributed by atoms with Crippen molar-refractivity contribution in [2.45, 2.75) is 26.7 Å². The van der Waals surface area contributed by atoms with Crippen LogP contribution < -0.4 is 5.32 Å². The largest absolute Gasteiger partial charge is 0.326 e. The summed E-state index contributed by atoms with van der Waals surface area (Å²) in [5.74, 6) is 2.30. The SMILES string of the molecule is C#Cc1ccc(NC(=O)CCC(=O)C=C(C)C)cc1. The zero-order valence-electron chi connectivity index (χ0n) is 11.2. The van der Waals surface area contributed by atoms with Crippen molar-refractivity contribution in [1.82, 2.24) is 0 Å². The van der Waals surface area contributed by atoms with Gasteiger partial charge in [-0.1, -0.05) is 11.5 Å². The Labute approximate surface area is 113 Å². The number of hydrogen-bond acceptors (Lipinski definition) is 2. The van der Waals surface area contributed by atoms with Crippen LogP contribution in [0.5, 0.6) is 0 Å². The first-order chi connectivity index (χ1) is 9.01. The second-order valence-electron chi connectivity index (χ2n) is 4.46. The number of anilines is 1. The predicted octanol–water partition coefficient (Wildman–Crippen LogP) is 2.92. The van der Waals surface area contributed by atoms with E-state index in [0.29, 0.717) is 5.69 Å². The van der Waals surface area contributed by atoms with Gasteiger partial charge in [-0.05, 0) is 44.2 Å².